The van der Waals surface area contributed by atoms with Gasteiger partial charge in [0.1, 0.15) is 9.84 Å². The summed E-state index contributed by atoms with van der Waals surface area (Å²) in [5.41, 5.74) is 0. The molecule has 0 aromatic carbocycles. The van der Waals surface area contributed by atoms with Gasteiger partial charge in [0.15, 0.2) is 0 Å². The van der Waals surface area contributed by atoms with E-state index in [2.05, 4.69) is 10.6 Å². The van der Waals surface area contributed by atoms with Crippen molar-refractivity contribution < 1.29 is 13.2 Å². The molecule has 1 unspecified atom stereocenters. The highest BCUT2D eigenvalue weighted by atomic mass is 32.2. The largest absolute Gasteiger partial charge is 0.353 e. The number of hydrogen-bond donors (Lipinski definition) is 2. The monoisotopic (exact) mass is 288 g/mol. The van der Waals surface area contributed by atoms with Crippen molar-refractivity contribution in [2.24, 2.45) is 0 Å². The summed E-state index contributed by atoms with van der Waals surface area (Å²) in [6.45, 7) is 1.06. The number of rotatable bonds is 4. The van der Waals surface area contributed by atoms with E-state index in [4.69, 9.17) is 0 Å². The Balaban J connectivity index is 1.64. The zero-order chi connectivity index (χ0) is 13.7. The van der Waals surface area contributed by atoms with Gasteiger partial charge >= 0.3 is 0 Å². The molecule has 2 rings (SSSR count). The number of piperidine rings is 1. The minimum atomic E-state index is -2.84. The van der Waals surface area contributed by atoms with E-state index in [0.29, 0.717) is 25.3 Å². The first kappa shape index (κ1) is 14.8. The highest BCUT2D eigenvalue weighted by Gasteiger charge is 2.24. The van der Waals surface area contributed by atoms with E-state index < -0.39 is 9.84 Å². The van der Waals surface area contributed by atoms with Gasteiger partial charge in [-0.15, -0.1) is 0 Å². The molecular weight excluding hydrogens is 264 g/mol. The van der Waals surface area contributed by atoms with Gasteiger partial charge in [-0.25, -0.2) is 8.42 Å². The summed E-state index contributed by atoms with van der Waals surface area (Å²) in [6.07, 6.45) is 6.21. The summed E-state index contributed by atoms with van der Waals surface area (Å²) in [7, 11) is -2.84. The number of amides is 1. The Bertz CT molecular complexity index is 388. The average Bonchev–Trinajstić information content (AvgIpc) is 2.40. The van der Waals surface area contributed by atoms with E-state index in [1.54, 1.807) is 0 Å². The van der Waals surface area contributed by atoms with Crippen LogP contribution in [0.15, 0.2) is 0 Å². The van der Waals surface area contributed by atoms with Crippen molar-refractivity contribution in [3.63, 3.8) is 0 Å². The molecule has 2 aliphatic rings. The van der Waals surface area contributed by atoms with Gasteiger partial charge in [-0.05, 0) is 38.6 Å². The van der Waals surface area contributed by atoms with E-state index in [1.165, 1.54) is 12.8 Å². The second-order valence-electron chi connectivity index (χ2n) is 5.68. The second-order valence-corrected chi connectivity index (χ2v) is 7.98. The number of carbonyl (C=O) groups is 1. The first-order chi connectivity index (χ1) is 9.05. The van der Waals surface area contributed by atoms with Gasteiger partial charge in [0.25, 0.3) is 0 Å². The molecule has 0 aromatic heterocycles. The molecule has 1 amide bonds. The molecule has 1 atom stereocenters. The summed E-state index contributed by atoms with van der Waals surface area (Å²) >= 11 is 0. The molecule has 2 fully saturated rings. The van der Waals surface area contributed by atoms with Crippen molar-refractivity contribution >= 4 is 15.7 Å². The molecule has 0 radical (unpaired) electrons. The lowest BCUT2D eigenvalue weighted by Gasteiger charge is -2.25. The lowest BCUT2D eigenvalue weighted by atomic mass is 10.0. The van der Waals surface area contributed by atoms with E-state index >= 15 is 0 Å². The summed E-state index contributed by atoms with van der Waals surface area (Å²) in [6, 6.07) is 0.529. The Morgan fingerprint density at radius 2 is 1.89 bits per heavy atom. The van der Waals surface area contributed by atoms with Crippen molar-refractivity contribution in [2.75, 3.05) is 18.1 Å². The predicted molar refractivity (Wildman–Crippen MR) is 74.7 cm³/mol. The Morgan fingerprint density at radius 1 is 1.16 bits per heavy atom. The van der Waals surface area contributed by atoms with Crippen molar-refractivity contribution in [3.8, 4) is 0 Å². The Kier molecular flexibility index (Phi) is 5.21. The lowest BCUT2D eigenvalue weighted by Crippen LogP contribution is -2.41. The third-order valence-corrected chi connectivity index (χ3v) is 5.77. The minimum Gasteiger partial charge on any atom is -0.353 e. The molecule has 2 N–H and O–H groups in total. The first-order valence-electron chi connectivity index (χ1n) is 7.28. The van der Waals surface area contributed by atoms with Crippen molar-refractivity contribution in [3.05, 3.63) is 0 Å². The van der Waals surface area contributed by atoms with Crippen LogP contribution in [0.4, 0.5) is 0 Å². The molecular formula is C13H24N2O3S. The molecule has 19 heavy (non-hydrogen) atoms. The fraction of sp³-hybridized carbons (Fsp3) is 0.923. The Hall–Kier alpha value is -0.620. The number of hydrogen-bond acceptors (Lipinski definition) is 4. The third-order valence-electron chi connectivity index (χ3n) is 4.05. The highest BCUT2D eigenvalue weighted by molar-refractivity contribution is 7.91. The molecule has 0 saturated carbocycles. The summed E-state index contributed by atoms with van der Waals surface area (Å²) < 4.78 is 22.6. The van der Waals surface area contributed by atoms with Gasteiger partial charge in [-0.1, -0.05) is 6.42 Å². The lowest BCUT2D eigenvalue weighted by molar-refractivity contribution is -0.122. The second kappa shape index (κ2) is 6.70. The highest BCUT2D eigenvalue weighted by Crippen LogP contribution is 2.14. The maximum Gasteiger partial charge on any atom is 0.220 e. The van der Waals surface area contributed by atoms with Crippen LogP contribution in [0, 0.1) is 0 Å². The summed E-state index contributed by atoms with van der Waals surface area (Å²) in [5.74, 6) is 0.487. The maximum absolute atomic E-state index is 11.8. The molecule has 2 aliphatic heterocycles. The van der Waals surface area contributed by atoms with Crippen molar-refractivity contribution in [2.45, 2.75) is 57.0 Å². The Morgan fingerprint density at radius 3 is 2.53 bits per heavy atom. The summed E-state index contributed by atoms with van der Waals surface area (Å²) in [4.78, 5) is 11.8. The molecule has 0 aliphatic carbocycles. The number of nitrogens with one attached hydrogen (secondary N) is 2. The van der Waals surface area contributed by atoms with E-state index in [9.17, 15) is 13.2 Å². The first-order valence-corrected chi connectivity index (χ1v) is 9.10. The van der Waals surface area contributed by atoms with Gasteiger partial charge in [-0.3, -0.25) is 4.79 Å². The maximum atomic E-state index is 11.8. The van der Waals surface area contributed by atoms with Crippen LogP contribution in [-0.2, 0) is 14.6 Å². The molecule has 6 heteroatoms. The molecule has 0 aromatic rings. The van der Waals surface area contributed by atoms with Crippen LogP contribution in [0.3, 0.4) is 0 Å². The van der Waals surface area contributed by atoms with E-state index in [-0.39, 0.29) is 23.5 Å². The van der Waals surface area contributed by atoms with Crippen LogP contribution in [0.5, 0.6) is 0 Å². The van der Waals surface area contributed by atoms with Crippen LogP contribution < -0.4 is 10.6 Å². The SMILES string of the molecule is O=C(CCC1CCCCN1)NC1CCS(=O)(=O)CC1. The van der Waals surface area contributed by atoms with Crippen LogP contribution >= 0.6 is 0 Å². The molecule has 5 nitrogen and oxygen atoms in total. The Labute approximate surface area is 115 Å². The minimum absolute atomic E-state index is 0.0512. The van der Waals surface area contributed by atoms with Crippen molar-refractivity contribution in [1.82, 2.24) is 10.6 Å². The summed E-state index contributed by atoms with van der Waals surface area (Å²) in [5, 5.41) is 6.39. The third kappa shape index (κ3) is 5.10. The van der Waals surface area contributed by atoms with Gasteiger partial charge in [0, 0.05) is 18.5 Å². The standard InChI is InChI=1S/C13H24N2O3S/c16-13(5-4-11-3-1-2-8-14-11)15-12-6-9-19(17,18)10-7-12/h11-12,14H,1-10H2,(H,15,16). The van der Waals surface area contributed by atoms with Crippen LogP contribution in [0.2, 0.25) is 0 Å². The zero-order valence-corrected chi connectivity index (χ0v) is 12.2. The smallest absolute Gasteiger partial charge is 0.220 e. The quantitative estimate of drug-likeness (QED) is 0.794. The molecule has 2 heterocycles. The van der Waals surface area contributed by atoms with Gasteiger partial charge < -0.3 is 10.6 Å². The van der Waals surface area contributed by atoms with Gasteiger partial charge in [0.05, 0.1) is 11.5 Å². The van der Waals surface area contributed by atoms with Crippen LogP contribution in [0.25, 0.3) is 0 Å². The van der Waals surface area contributed by atoms with Gasteiger partial charge in [0.2, 0.25) is 5.91 Å². The van der Waals surface area contributed by atoms with Gasteiger partial charge in [-0.2, -0.15) is 0 Å². The fourth-order valence-electron chi connectivity index (χ4n) is 2.81. The molecule has 0 bridgehead atoms. The van der Waals surface area contributed by atoms with E-state index in [0.717, 1.165) is 19.4 Å². The topological polar surface area (TPSA) is 75.3 Å². The van der Waals surface area contributed by atoms with E-state index in [1.807, 2.05) is 0 Å². The predicted octanol–water partition coefficient (Wildman–Crippen LogP) is 0.602. The number of sulfone groups is 1. The number of carbonyl (C=O) groups excluding carboxylic acids is 1. The molecule has 2 saturated heterocycles. The van der Waals surface area contributed by atoms with Crippen LogP contribution in [0.1, 0.15) is 44.9 Å². The molecule has 110 valence electrons. The van der Waals surface area contributed by atoms with Crippen molar-refractivity contribution in [1.29, 1.82) is 0 Å². The zero-order valence-electron chi connectivity index (χ0n) is 11.4. The molecule has 0 spiro atoms. The van der Waals surface area contributed by atoms with Crippen LogP contribution in [-0.4, -0.2) is 44.5 Å². The average molecular weight is 288 g/mol. The normalized spacial score (nSPS) is 27.9. The fourth-order valence-corrected chi connectivity index (χ4v) is 4.30.